The van der Waals surface area contributed by atoms with Gasteiger partial charge in [-0.1, -0.05) is 6.92 Å². The van der Waals surface area contributed by atoms with E-state index in [1.807, 2.05) is 6.92 Å². The van der Waals surface area contributed by atoms with Gasteiger partial charge in [-0.2, -0.15) is 0 Å². The zero-order valence-electron chi connectivity index (χ0n) is 12.9. The molecule has 0 radical (unpaired) electrons. The number of amides is 1. The number of benzene rings is 1. The lowest BCUT2D eigenvalue weighted by atomic mass is 9.92. The van der Waals surface area contributed by atoms with E-state index >= 15 is 0 Å². The lowest BCUT2D eigenvalue weighted by Crippen LogP contribution is -2.50. The fourth-order valence-electron chi connectivity index (χ4n) is 3.04. The Balaban J connectivity index is 2.02. The molecule has 116 valence electrons. The van der Waals surface area contributed by atoms with Gasteiger partial charge in [-0.3, -0.25) is 9.69 Å². The number of piperidine rings is 1. The lowest BCUT2D eigenvalue weighted by Gasteiger charge is -2.39. The summed E-state index contributed by atoms with van der Waals surface area (Å²) >= 11 is 0. The molecule has 1 aromatic carbocycles. The number of halogens is 1. The maximum absolute atomic E-state index is 13.0. The van der Waals surface area contributed by atoms with Crippen molar-refractivity contribution in [2.45, 2.75) is 45.7 Å². The van der Waals surface area contributed by atoms with Crippen molar-refractivity contribution < 1.29 is 9.18 Å². The van der Waals surface area contributed by atoms with Crippen LogP contribution in [0.1, 0.15) is 33.6 Å². The highest BCUT2D eigenvalue weighted by Crippen LogP contribution is 2.25. The largest absolute Gasteiger partial charge is 0.397 e. The van der Waals surface area contributed by atoms with Gasteiger partial charge in [0, 0.05) is 6.04 Å². The Morgan fingerprint density at radius 2 is 2.19 bits per heavy atom. The van der Waals surface area contributed by atoms with Crippen LogP contribution in [-0.2, 0) is 4.79 Å². The third-order valence-electron chi connectivity index (χ3n) is 4.34. The maximum Gasteiger partial charge on any atom is 0.241 e. The number of nitrogen functional groups attached to an aromatic ring is 1. The van der Waals surface area contributed by atoms with E-state index in [0.717, 1.165) is 19.4 Å². The van der Waals surface area contributed by atoms with E-state index in [9.17, 15) is 9.18 Å². The molecular weight excluding hydrogens is 269 g/mol. The van der Waals surface area contributed by atoms with Gasteiger partial charge >= 0.3 is 0 Å². The molecule has 0 bridgehead atoms. The molecule has 1 aliphatic rings. The van der Waals surface area contributed by atoms with E-state index in [4.69, 9.17) is 5.73 Å². The van der Waals surface area contributed by atoms with Crippen molar-refractivity contribution in [2.75, 3.05) is 17.6 Å². The van der Waals surface area contributed by atoms with Crippen LogP contribution in [0.5, 0.6) is 0 Å². The lowest BCUT2D eigenvalue weighted by molar-refractivity contribution is -0.122. The van der Waals surface area contributed by atoms with Crippen LogP contribution in [0.2, 0.25) is 0 Å². The third kappa shape index (κ3) is 3.73. The molecule has 1 aromatic rings. The van der Waals surface area contributed by atoms with Crippen LogP contribution in [0, 0.1) is 11.7 Å². The van der Waals surface area contributed by atoms with Crippen LogP contribution in [0.3, 0.4) is 0 Å². The predicted molar refractivity (Wildman–Crippen MR) is 83.5 cm³/mol. The average Bonchev–Trinajstić information content (AvgIpc) is 2.41. The van der Waals surface area contributed by atoms with Crippen LogP contribution in [0.25, 0.3) is 0 Å². The van der Waals surface area contributed by atoms with Gasteiger partial charge in [0.05, 0.1) is 17.4 Å². The number of nitrogens with two attached hydrogens (primary N) is 1. The van der Waals surface area contributed by atoms with E-state index in [-0.39, 0.29) is 17.6 Å². The molecule has 0 aromatic heterocycles. The molecule has 4 nitrogen and oxygen atoms in total. The van der Waals surface area contributed by atoms with Gasteiger partial charge < -0.3 is 11.1 Å². The van der Waals surface area contributed by atoms with E-state index in [0.29, 0.717) is 17.6 Å². The molecule has 21 heavy (non-hydrogen) atoms. The minimum atomic E-state index is -0.405. The normalized spacial score (nSPS) is 24.6. The average molecular weight is 293 g/mol. The van der Waals surface area contributed by atoms with Gasteiger partial charge in [-0.15, -0.1) is 0 Å². The minimum Gasteiger partial charge on any atom is -0.397 e. The molecule has 1 heterocycles. The number of carbonyl (C=O) groups is 1. The second-order valence-electron chi connectivity index (χ2n) is 6.11. The van der Waals surface area contributed by atoms with Gasteiger partial charge in [-0.25, -0.2) is 4.39 Å². The standard InChI is InChI=1S/C16H24FN3O/c1-10-6-7-20(11(2)8-10)12(3)16(21)19-15-5-4-13(17)9-14(15)18/h4-5,9-12H,6-8,18H2,1-3H3,(H,19,21). The quantitative estimate of drug-likeness (QED) is 0.843. The number of hydrogen-bond acceptors (Lipinski definition) is 3. The smallest absolute Gasteiger partial charge is 0.241 e. The second-order valence-corrected chi connectivity index (χ2v) is 6.11. The molecule has 0 saturated carbocycles. The molecule has 2 rings (SSSR count). The number of carbonyl (C=O) groups excluding carboxylic acids is 1. The van der Waals surface area contributed by atoms with E-state index in [1.54, 1.807) is 0 Å². The molecule has 1 amide bonds. The summed E-state index contributed by atoms with van der Waals surface area (Å²) in [4.78, 5) is 14.6. The number of nitrogens with zero attached hydrogens (tertiary/aromatic N) is 1. The van der Waals surface area contributed by atoms with E-state index < -0.39 is 5.82 Å². The van der Waals surface area contributed by atoms with E-state index in [1.165, 1.54) is 18.2 Å². The molecular formula is C16H24FN3O. The minimum absolute atomic E-state index is 0.102. The Morgan fingerprint density at radius 3 is 2.81 bits per heavy atom. The van der Waals surface area contributed by atoms with Crippen LogP contribution < -0.4 is 11.1 Å². The topological polar surface area (TPSA) is 58.4 Å². The van der Waals surface area contributed by atoms with Gasteiger partial charge in [0.1, 0.15) is 5.82 Å². The molecule has 1 fully saturated rings. The Hall–Kier alpha value is -1.62. The SMILES string of the molecule is CC1CCN(C(C)C(=O)Nc2ccc(F)cc2N)C(C)C1. The Labute approximate surface area is 125 Å². The van der Waals surface area contributed by atoms with Crippen LogP contribution >= 0.6 is 0 Å². The van der Waals surface area contributed by atoms with Gasteiger partial charge in [0.2, 0.25) is 5.91 Å². The summed E-state index contributed by atoms with van der Waals surface area (Å²) in [6.07, 6.45) is 2.22. The number of hydrogen-bond donors (Lipinski definition) is 2. The highest BCUT2D eigenvalue weighted by atomic mass is 19.1. The molecule has 1 saturated heterocycles. The predicted octanol–water partition coefficient (Wildman–Crippen LogP) is 2.86. The number of likely N-dealkylation sites (tertiary alicyclic amines) is 1. The van der Waals surface area contributed by atoms with Gasteiger partial charge in [-0.05, 0) is 57.4 Å². The first kappa shape index (κ1) is 15.8. The first-order chi connectivity index (χ1) is 9.88. The Bertz CT molecular complexity index is 520. The molecule has 1 aliphatic heterocycles. The molecule has 3 N–H and O–H groups in total. The van der Waals surface area contributed by atoms with Crippen molar-refractivity contribution in [1.29, 1.82) is 0 Å². The van der Waals surface area contributed by atoms with Crippen LogP contribution in [0.15, 0.2) is 18.2 Å². The monoisotopic (exact) mass is 293 g/mol. The third-order valence-corrected chi connectivity index (χ3v) is 4.34. The highest BCUT2D eigenvalue weighted by molar-refractivity contribution is 5.97. The first-order valence-electron chi connectivity index (χ1n) is 7.50. The van der Waals surface area contributed by atoms with Gasteiger partial charge in [0.25, 0.3) is 0 Å². The fourth-order valence-corrected chi connectivity index (χ4v) is 3.04. The van der Waals surface area contributed by atoms with Crippen LogP contribution in [-0.4, -0.2) is 29.4 Å². The zero-order chi connectivity index (χ0) is 15.6. The summed E-state index contributed by atoms with van der Waals surface area (Å²) < 4.78 is 13.0. The summed E-state index contributed by atoms with van der Waals surface area (Å²) in [5, 5.41) is 2.79. The Kier molecular flexibility index (Phi) is 4.83. The highest BCUT2D eigenvalue weighted by Gasteiger charge is 2.30. The van der Waals surface area contributed by atoms with Crippen molar-refractivity contribution >= 4 is 17.3 Å². The first-order valence-corrected chi connectivity index (χ1v) is 7.50. The van der Waals surface area contributed by atoms with Crippen LogP contribution in [0.4, 0.5) is 15.8 Å². The Morgan fingerprint density at radius 1 is 1.48 bits per heavy atom. The number of rotatable bonds is 3. The summed E-state index contributed by atoms with van der Waals surface area (Å²) in [6, 6.07) is 4.17. The summed E-state index contributed by atoms with van der Waals surface area (Å²) in [7, 11) is 0. The van der Waals surface area contributed by atoms with Crippen molar-refractivity contribution in [3.05, 3.63) is 24.0 Å². The molecule has 3 unspecified atom stereocenters. The number of nitrogens with one attached hydrogen (secondary N) is 1. The van der Waals surface area contributed by atoms with E-state index in [2.05, 4.69) is 24.1 Å². The van der Waals surface area contributed by atoms with Crippen molar-refractivity contribution in [2.24, 2.45) is 5.92 Å². The molecule has 5 heteroatoms. The van der Waals surface area contributed by atoms with Crippen molar-refractivity contribution in [3.8, 4) is 0 Å². The second kappa shape index (κ2) is 6.43. The van der Waals surface area contributed by atoms with Gasteiger partial charge in [0.15, 0.2) is 0 Å². The summed E-state index contributed by atoms with van der Waals surface area (Å²) in [6.45, 7) is 7.24. The van der Waals surface area contributed by atoms with Crippen molar-refractivity contribution in [3.63, 3.8) is 0 Å². The summed E-state index contributed by atoms with van der Waals surface area (Å²) in [5.41, 5.74) is 6.44. The van der Waals surface area contributed by atoms with Crippen molar-refractivity contribution in [1.82, 2.24) is 4.90 Å². The molecule has 0 aliphatic carbocycles. The fraction of sp³-hybridized carbons (Fsp3) is 0.562. The number of anilines is 2. The molecule has 3 atom stereocenters. The summed E-state index contributed by atoms with van der Waals surface area (Å²) in [5.74, 6) is 0.200. The maximum atomic E-state index is 13.0. The zero-order valence-corrected chi connectivity index (χ0v) is 12.9. The molecule has 0 spiro atoms.